The zero-order valence-electron chi connectivity index (χ0n) is 9.45. The lowest BCUT2D eigenvalue weighted by atomic mass is 10.3. The molecule has 5 nitrogen and oxygen atoms in total. The second-order valence-corrected chi connectivity index (χ2v) is 3.60. The first-order valence-corrected chi connectivity index (χ1v) is 5.46. The Kier molecular flexibility index (Phi) is 2.71. The number of aromatic amines is 1. The maximum Gasteiger partial charge on any atom is 0.322 e. The minimum absolute atomic E-state index is 0.313. The standard InChI is InChI=1S/C13H10N4O/c1-2-4-10(5-3-1)18-13-15-7-6-11(17-13)12-8-14-9-16-12/h1-9H,(H,14,16). The molecule has 2 aromatic heterocycles. The molecule has 0 atom stereocenters. The number of para-hydroxylation sites is 1. The van der Waals surface area contributed by atoms with Gasteiger partial charge in [-0.3, -0.25) is 0 Å². The summed E-state index contributed by atoms with van der Waals surface area (Å²) in [5, 5.41) is 0. The fourth-order valence-corrected chi connectivity index (χ4v) is 1.53. The van der Waals surface area contributed by atoms with Crippen molar-refractivity contribution in [3.05, 3.63) is 55.1 Å². The number of hydrogen-bond donors (Lipinski definition) is 1. The summed E-state index contributed by atoms with van der Waals surface area (Å²) in [4.78, 5) is 15.3. The number of hydrogen-bond acceptors (Lipinski definition) is 4. The Morgan fingerprint density at radius 3 is 2.72 bits per heavy atom. The lowest BCUT2D eigenvalue weighted by Crippen LogP contribution is -1.93. The van der Waals surface area contributed by atoms with Crippen molar-refractivity contribution in [3.63, 3.8) is 0 Å². The number of aromatic nitrogens is 4. The maximum absolute atomic E-state index is 5.56. The summed E-state index contributed by atoms with van der Waals surface area (Å²) in [5.74, 6) is 0.708. The number of rotatable bonds is 3. The van der Waals surface area contributed by atoms with Gasteiger partial charge in [0.15, 0.2) is 0 Å². The third kappa shape index (κ3) is 2.20. The molecule has 0 aliphatic heterocycles. The molecule has 0 saturated carbocycles. The van der Waals surface area contributed by atoms with Crippen LogP contribution in [0.3, 0.4) is 0 Å². The van der Waals surface area contributed by atoms with Gasteiger partial charge >= 0.3 is 6.01 Å². The largest absolute Gasteiger partial charge is 0.424 e. The van der Waals surface area contributed by atoms with Crippen molar-refractivity contribution < 1.29 is 4.74 Å². The van der Waals surface area contributed by atoms with Crippen LogP contribution in [0, 0.1) is 0 Å². The summed E-state index contributed by atoms with van der Waals surface area (Å²) in [7, 11) is 0. The van der Waals surface area contributed by atoms with E-state index in [4.69, 9.17) is 4.74 Å². The Hall–Kier alpha value is -2.69. The van der Waals surface area contributed by atoms with E-state index >= 15 is 0 Å². The number of nitrogens with one attached hydrogen (secondary N) is 1. The van der Waals surface area contributed by atoms with Gasteiger partial charge in [0.1, 0.15) is 5.75 Å². The Labute approximate surface area is 104 Å². The zero-order valence-corrected chi connectivity index (χ0v) is 9.45. The minimum Gasteiger partial charge on any atom is -0.424 e. The van der Waals surface area contributed by atoms with Crippen molar-refractivity contribution in [1.82, 2.24) is 19.9 Å². The first-order valence-electron chi connectivity index (χ1n) is 5.46. The Morgan fingerprint density at radius 1 is 1.06 bits per heavy atom. The third-order valence-corrected chi connectivity index (χ3v) is 2.36. The zero-order chi connectivity index (χ0) is 12.2. The van der Waals surface area contributed by atoms with Crippen LogP contribution in [-0.4, -0.2) is 19.9 Å². The van der Waals surface area contributed by atoms with Crippen molar-refractivity contribution in [2.75, 3.05) is 0 Å². The molecule has 0 aliphatic carbocycles. The van der Waals surface area contributed by atoms with Crippen LogP contribution >= 0.6 is 0 Å². The van der Waals surface area contributed by atoms with Crippen LogP contribution in [0.25, 0.3) is 11.4 Å². The molecule has 0 spiro atoms. The van der Waals surface area contributed by atoms with E-state index in [9.17, 15) is 0 Å². The lowest BCUT2D eigenvalue weighted by molar-refractivity contribution is 0.442. The molecule has 18 heavy (non-hydrogen) atoms. The first kappa shape index (κ1) is 10.5. The number of H-pyrrole nitrogens is 1. The highest BCUT2D eigenvalue weighted by atomic mass is 16.5. The number of benzene rings is 1. The van der Waals surface area contributed by atoms with E-state index in [0.717, 1.165) is 11.4 Å². The highest BCUT2D eigenvalue weighted by Crippen LogP contribution is 2.19. The molecule has 2 heterocycles. The van der Waals surface area contributed by atoms with Crippen LogP contribution in [0.1, 0.15) is 0 Å². The highest BCUT2D eigenvalue weighted by molar-refractivity contribution is 5.52. The van der Waals surface area contributed by atoms with E-state index in [1.165, 1.54) is 0 Å². The molecule has 1 N–H and O–H groups in total. The van der Waals surface area contributed by atoms with Crippen LogP contribution in [0.4, 0.5) is 0 Å². The van der Waals surface area contributed by atoms with Crippen LogP contribution in [0.2, 0.25) is 0 Å². The average Bonchev–Trinajstić information content (AvgIpc) is 2.94. The molecule has 3 rings (SSSR count). The molecule has 0 fully saturated rings. The van der Waals surface area contributed by atoms with Gasteiger partial charge in [0.05, 0.1) is 23.9 Å². The molecule has 0 bridgehead atoms. The molecule has 0 radical (unpaired) electrons. The van der Waals surface area contributed by atoms with Gasteiger partial charge in [-0.2, -0.15) is 4.98 Å². The van der Waals surface area contributed by atoms with Gasteiger partial charge in [0, 0.05) is 6.20 Å². The molecule has 0 aliphatic rings. The molecule has 1 aromatic carbocycles. The summed E-state index contributed by atoms with van der Waals surface area (Å²) < 4.78 is 5.56. The summed E-state index contributed by atoms with van der Waals surface area (Å²) in [6, 6.07) is 11.5. The monoisotopic (exact) mass is 238 g/mol. The topological polar surface area (TPSA) is 63.7 Å². The molecule has 0 unspecified atom stereocenters. The van der Waals surface area contributed by atoms with Crippen molar-refractivity contribution in [1.29, 1.82) is 0 Å². The van der Waals surface area contributed by atoms with Crippen LogP contribution < -0.4 is 4.74 Å². The van der Waals surface area contributed by atoms with Crippen LogP contribution in [0.5, 0.6) is 11.8 Å². The Morgan fingerprint density at radius 2 is 1.94 bits per heavy atom. The van der Waals surface area contributed by atoms with Crippen molar-refractivity contribution >= 4 is 0 Å². The summed E-state index contributed by atoms with van der Waals surface area (Å²) in [6.07, 6.45) is 4.96. The fourth-order valence-electron chi connectivity index (χ4n) is 1.53. The Balaban J connectivity index is 1.88. The molecule has 5 heteroatoms. The predicted molar refractivity (Wildman–Crippen MR) is 66.1 cm³/mol. The number of nitrogens with zero attached hydrogens (tertiary/aromatic N) is 3. The van der Waals surface area contributed by atoms with E-state index < -0.39 is 0 Å². The molecule has 0 amide bonds. The normalized spacial score (nSPS) is 10.2. The highest BCUT2D eigenvalue weighted by Gasteiger charge is 2.04. The third-order valence-electron chi connectivity index (χ3n) is 2.36. The van der Waals surface area contributed by atoms with Crippen molar-refractivity contribution in [3.8, 4) is 23.1 Å². The van der Waals surface area contributed by atoms with E-state index in [0.29, 0.717) is 11.8 Å². The van der Waals surface area contributed by atoms with Gasteiger partial charge < -0.3 is 9.72 Å². The van der Waals surface area contributed by atoms with E-state index in [2.05, 4.69) is 19.9 Å². The first-order chi connectivity index (χ1) is 8.92. The maximum atomic E-state index is 5.56. The van der Waals surface area contributed by atoms with Gasteiger partial charge in [0.2, 0.25) is 0 Å². The smallest absolute Gasteiger partial charge is 0.322 e. The van der Waals surface area contributed by atoms with Gasteiger partial charge in [-0.15, -0.1) is 0 Å². The van der Waals surface area contributed by atoms with Gasteiger partial charge in [-0.1, -0.05) is 18.2 Å². The fraction of sp³-hybridized carbons (Fsp3) is 0. The quantitative estimate of drug-likeness (QED) is 0.761. The summed E-state index contributed by atoms with van der Waals surface area (Å²) in [6.45, 7) is 0. The molecule has 0 saturated heterocycles. The van der Waals surface area contributed by atoms with Crippen LogP contribution in [0.15, 0.2) is 55.1 Å². The van der Waals surface area contributed by atoms with E-state index in [1.54, 1.807) is 24.8 Å². The van der Waals surface area contributed by atoms with E-state index in [1.807, 2.05) is 30.3 Å². The molecular weight excluding hydrogens is 228 g/mol. The second kappa shape index (κ2) is 4.67. The molecule has 88 valence electrons. The van der Waals surface area contributed by atoms with Crippen molar-refractivity contribution in [2.45, 2.75) is 0 Å². The predicted octanol–water partition coefficient (Wildman–Crippen LogP) is 2.66. The van der Waals surface area contributed by atoms with Gasteiger partial charge in [-0.25, -0.2) is 9.97 Å². The number of imidazole rings is 1. The minimum atomic E-state index is 0.313. The van der Waals surface area contributed by atoms with Crippen LogP contribution in [-0.2, 0) is 0 Å². The summed E-state index contributed by atoms with van der Waals surface area (Å²) >= 11 is 0. The average molecular weight is 238 g/mol. The van der Waals surface area contributed by atoms with Crippen molar-refractivity contribution in [2.24, 2.45) is 0 Å². The lowest BCUT2D eigenvalue weighted by Gasteiger charge is -2.04. The second-order valence-electron chi connectivity index (χ2n) is 3.60. The van der Waals surface area contributed by atoms with E-state index in [-0.39, 0.29) is 0 Å². The van der Waals surface area contributed by atoms with Gasteiger partial charge in [-0.05, 0) is 18.2 Å². The Bertz CT molecular complexity index is 623. The SMILES string of the molecule is c1ccc(Oc2nccc(-c3cnc[nH]3)n2)cc1. The summed E-state index contributed by atoms with van der Waals surface area (Å²) in [5.41, 5.74) is 1.57. The molecule has 3 aromatic rings. The van der Waals surface area contributed by atoms with Gasteiger partial charge in [0.25, 0.3) is 0 Å². The number of ether oxygens (including phenoxy) is 1. The molecular formula is C13H10N4O.